The summed E-state index contributed by atoms with van der Waals surface area (Å²) in [6.07, 6.45) is 1.62. The zero-order valence-electron chi connectivity index (χ0n) is 8.85. The fraction of sp³-hybridized carbons (Fsp3) is 0.0909. The van der Waals surface area contributed by atoms with Crippen LogP contribution in [-0.4, -0.2) is 16.7 Å². The van der Waals surface area contributed by atoms with E-state index in [4.69, 9.17) is 4.74 Å². The van der Waals surface area contributed by atoms with Gasteiger partial charge in [0.2, 0.25) is 0 Å². The number of hydrogen-bond donors (Lipinski definition) is 0. The Labute approximate surface area is 115 Å². The quantitative estimate of drug-likeness (QED) is 0.828. The fourth-order valence-electron chi connectivity index (χ4n) is 1.37. The van der Waals surface area contributed by atoms with Gasteiger partial charge in [0.05, 0.1) is 7.11 Å². The first-order chi connectivity index (χ1) is 8.11. The van der Waals surface area contributed by atoms with E-state index < -0.39 is 0 Å². The predicted molar refractivity (Wildman–Crippen MR) is 71.8 cm³/mol. The maximum absolute atomic E-state index is 11.9. The highest BCUT2D eigenvalue weighted by Crippen LogP contribution is 2.16. The summed E-state index contributed by atoms with van der Waals surface area (Å²) in [6.45, 7) is 0. The van der Waals surface area contributed by atoms with Crippen LogP contribution in [0.15, 0.2) is 44.5 Å². The van der Waals surface area contributed by atoms with Crippen molar-refractivity contribution in [2.75, 3.05) is 7.11 Å². The minimum Gasteiger partial charge on any atom is -0.497 e. The number of nitrogens with zero attached hydrogens (tertiary/aromatic N) is 2. The van der Waals surface area contributed by atoms with Gasteiger partial charge in [-0.25, -0.2) is 4.98 Å². The maximum atomic E-state index is 11.9. The largest absolute Gasteiger partial charge is 0.497 e. The van der Waals surface area contributed by atoms with E-state index in [1.54, 1.807) is 37.6 Å². The van der Waals surface area contributed by atoms with Gasteiger partial charge in [0.1, 0.15) is 10.4 Å². The zero-order valence-corrected chi connectivity index (χ0v) is 12.0. The van der Waals surface area contributed by atoms with Crippen molar-refractivity contribution in [2.24, 2.45) is 0 Å². The number of hydrogen-bond acceptors (Lipinski definition) is 3. The van der Waals surface area contributed by atoms with E-state index in [-0.39, 0.29) is 10.2 Å². The molecule has 0 bridgehead atoms. The molecule has 6 heteroatoms. The van der Waals surface area contributed by atoms with Crippen molar-refractivity contribution in [2.45, 2.75) is 0 Å². The summed E-state index contributed by atoms with van der Waals surface area (Å²) < 4.78 is 7.41. The monoisotopic (exact) mass is 358 g/mol. The SMILES string of the molecule is COc1ccc(-n2cc(Br)nc(Br)c2=O)cc1. The minimum atomic E-state index is -0.210. The second-order valence-electron chi connectivity index (χ2n) is 3.23. The number of rotatable bonds is 2. The van der Waals surface area contributed by atoms with Gasteiger partial charge in [-0.2, -0.15) is 0 Å². The topological polar surface area (TPSA) is 44.1 Å². The van der Waals surface area contributed by atoms with Crippen LogP contribution in [0, 0.1) is 0 Å². The average molecular weight is 360 g/mol. The Morgan fingerprint density at radius 3 is 2.47 bits per heavy atom. The van der Waals surface area contributed by atoms with E-state index in [2.05, 4.69) is 36.8 Å². The molecule has 0 N–H and O–H groups in total. The molecule has 2 aromatic rings. The summed E-state index contributed by atoms with van der Waals surface area (Å²) in [5.41, 5.74) is 0.540. The highest BCUT2D eigenvalue weighted by atomic mass is 79.9. The molecule has 0 fully saturated rings. The molecule has 1 heterocycles. The van der Waals surface area contributed by atoms with Crippen LogP contribution >= 0.6 is 31.9 Å². The molecule has 0 aliphatic heterocycles. The Bertz CT molecular complexity index is 593. The molecule has 88 valence electrons. The number of methoxy groups -OCH3 is 1. The maximum Gasteiger partial charge on any atom is 0.288 e. The van der Waals surface area contributed by atoms with Crippen molar-refractivity contribution in [3.8, 4) is 11.4 Å². The van der Waals surface area contributed by atoms with Gasteiger partial charge < -0.3 is 4.74 Å². The summed E-state index contributed by atoms with van der Waals surface area (Å²) in [7, 11) is 1.60. The van der Waals surface area contributed by atoms with E-state index in [1.807, 2.05) is 0 Å². The first-order valence-electron chi connectivity index (χ1n) is 4.71. The molecule has 0 saturated carbocycles. The molecule has 0 aliphatic carbocycles. The normalized spacial score (nSPS) is 10.3. The number of ether oxygens (including phenoxy) is 1. The van der Waals surface area contributed by atoms with Gasteiger partial charge >= 0.3 is 0 Å². The van der Waals surface area contributed by atoms with Crippen LogP contribution in [0.3, 0.4) is 0 Å². The molecular weight excluding hydrogens is 352 g/mol. The molecule has 17 heavy (non-hydrogen) atoms. The smallest absolute Gasteiger partial charge is 0.288 e. The molecule has 0 atom stereocenters. The third kappa shape index (κ3) is 2.58. The molecule has 0 spiro atoms. The van der Waals surface area contributed by atoms with E-state index in [9.17, 15) is 4.79 Å². The van der Waals surface area contributed by atoms with E-state index >= 15 is 0 Å². The first kappa shape index (κ1) is 12.3. The average Bonchev–Trinajstić information content (AvgIpc) is 2.34. The van der Waals surface area contributed by atoms with Gasteiger partial charge in [0.15, 0.2) is 4.60 Å². The molecule has 0 radical (unpaired) electrons. The van der Waals surface area contributed by atoms with Crippen molar-refractivity contribution in [3.63, 3.8) is 0 Å². The number of aromatic nitrogens is 2. The summed E-state index contributed by atoms with van der Waals surface area (Å²) in [4.78, 5) is 15.8. The van der Waals surface area contributed by atoms with Crippen LogP contribution in [0.5, 0.6) is 5.75 Å². The molecule has 0 amide bonds. The second-order valence-corrected chi connectivity index (χ2v) is 4.79. The first-order valence-corrected chi connectivity index (χ1v) is 6.29. The van der Waals surface area contributed by atoms with Crippen LogP contribution in [0.2, 0.25) is 0 Å². The Balaban J connectivity index is 2.56. The van der Waals surface area contributed by atoms with Gasteiger partial charge in [0, 0.05) is 11.9 Å². The number of halogens is 2. The van der Waals surface area contributed by atoms with Gasteiger partial charge in [0.25, 0.3) is 5.56 Å². The molecule has 1 aromatic heterocycles. The van der Waals surface area contributed by atoms with Crippen molar-refractivity contribution < 1.29 is 4.74 Å². The second kappa shape index (κ2) is 5.01. The Kier molecular flexibility index (Phi) is 3.63. The Morgan fingerprint density at radius 2 is 1.88 bits per heavy atom. The summed E-state index contributed by atoms with van der Waals surface area (Å²) in [5.74, 6) is 0.744. The van der Waals surface area contributed by atoms with Crippen LogP contribution in [-0.2, 0) is 0 Å². The highest BCUT2D eigenvalue weighted by Gasteiger charge is 2.06. The molecule has 0 unspecified atom stereocenters. The van der Waals surface area contributed by atoms with Crippen molar-refractivity contribution in [3.05, 3.63) is 50.0 Å². The van der Waals surface area contributed by atoms with E-state index in [0.29, 0.717) is 4.60 Å². The van der Waals surface area contributed by atoms with Gasteiger partial charge in [-0.05, 0) is 56.1 Å². The van der Waals surface area contributed by atoms with Crippen LogP contribution in [0.25, 0.3) is 5.69 Å². The van der Waals surface area contributed by atoms with Crippen molar-refractivity contribution in [1.29, 1.82) is 0 Å². The standard InChI is InChI=1S/C11H8Br2N2O2/c1-17-8-4-2-7(3-5-8)15-6-9(12)14-10(13)11(15)16/h2-6H,1H3. The van der Waals surface area contributed by atoms with Crippen LogP contribution in [0.1, 0.15) is 0 Å². The molecule has 1 aromatic carbocycles. The fourth-order valence-corrected chi connectivity index (χ4v) is 2.37. The van der Waals surface area contributed by atoms with Gasteiger partial charge in [-0.15, -0.1) is 0 Å². The lowest BCUT2D eigenvalue weighted by Crippen LogP contribution is -2.19. The predicted octanol–water partition coefficient (Wildman–Crippen LogP) is 2.77. The Hall–Kier alpha value is -1.14. The van der Waals surface area contributed by atoms with Crippen LogP contribution in [0.4, 0.5) is 0 Å². The van der Waals surface area contributed by atoms with E-state index in [1.165, 1.54) is 4.57 Å². The minimum absolute atomic E-state index is 0.210. The van der Waals surface area contributed by atoms with Crippen LogP contribution < -0.4 is 10.3 Å². The molecule has 0 aliphatic rings. The number of benzene rings is 1. The van der Waals surface area contributed by atoms with Crippen molar-refractivity contribution >= 4 is 31.9 Å². The lowest BCUT2D eigenvalue weighted by molar-refractivity contribution is 0.414. The van der Waals surface area contributed by atoms with E-state index in [0.717, 1.165) is 11.4 Å². The zero-order chi connectivity index (χ0) is 12.4. The molecule has 2 rings (SSSR count). The van der Waals surface area contributed by atoms with Gasteiger partial charge in [-0.1, -0.05) is 0 Å². The summed E-state index contributed by atoms with van der Waals surface area (Å²) >= 11 is 6.37. The molecule has 0 saturated heterocycles. The highest BCUT2D eigenvalue weighted by molar-refractivity contribution is 9.11. The lowest BCUT2D eigenvalue weighted by Gasteiger charge is -2.07. The van der Waals surface area contributed by atoms with Crippen molar-refractivity contribution in [1.82, 2.24) is 9.55 Å². The summed E-state index contributed by atoms with van der Waals surface area (Å²) in [6, 6.07) is 7.20. The Morgan fingerprint density at radius 1 is 1.24 bits per heavy atom. The molecular formula is C11H8Br2N2O2. The third-order valence-corrected chi connectivity index (χ3v) is 3.09. The third-order valence-electron chi connectivity index (χ3n) is 2.19. The molecule has 4 nitrogen and oxygen atoms in total. The summed E-state index contributed by atoms with van der Waals surface area (Å²) in [5, 5.41) is 0. The van der Waals surface area contributed by atoms with Gasteiger partial charge in [-0.3, -0.25) is 9.36 Å². The lowest BCUT2D eigenvalue weighted by atomic mass is 10.3.